The van der Waals surface area contributed by atoms with E-state index in [1.807, 2.05) is 11.0 Å². The van der Waals surface area contributed by atoms with Gasteiger partial charge in [-0.15, -0.1) is 0 Å². The largest absolute Gasteiger partial charge is 0.339 e. The van der Waals surface area contributed by atoms with Gasteiger partial charge in [0.05, 0.1) is 0 Å². The van der Waals surface area contributed by atoms with E-state index in [0.717, 1.165) is 24.6 Å². The van der Waals surface area contributed by atoms with Gasteiger partial charge in [-0.1, -0.05) is 29.3 Å². The molecule has 5 nitrogen and oxygen atoms in total. The summed E-state index contributed by atoms with van der Waals surface area (Å²) in [6.45, 7) is 2.87. The molecular weight excluding hydrogens is 347 g/mol. The maximum absolute atomic E-state index is 12.4. The number of aryl methyl sites for hydroxylation is 1. The fourth-order valence-corrected chi connectivity index (χ4v) is 3.24. The third-order valence-corrected chi connectivity index (χ3v) is 4.68. The van der Waals surface area contributed by atoms with E-state index >= 15 is 0 Å². The summed E-state index contributed by atoms with van der Waals surface area (Å²) in [4.78, 5) is 24.9. The smallest absolute Gasteiger partial charge is 0.225 e. The van der Waals surface area contributed by atoms with Crippen LogP contribution in [0, 0.1) is 0 Å². The van der Waals surface area contributed by atoms with E-state index in [0.29, 0.717) is 36.0 Å². The van der Waals surface area contributed by atoms with Gasteiger partial charge >= 0.3 is 0 Å². The number of rotatable bonds is 4. The predicted octanol–water partition coefficient (Wildman–Crippen LogP) is 3.06. The molecule has 0 saturated carbocycles. The van der Waals surface area contributed by atoms with E-state index in [1.165, 1.54) is 0 Å². The zero-order valence-electron chi connectivity index (χ0n) is 13.2. The first-order valence-corrected chi connectivity index (χ1v) is 8.63. The summed E-state index contributed by atoms with van der Waals surface area (Å²) < 4.78 is 0. The van der Waals surface area contributed by atoms with Gasteiger partial charge in [-0.3, -0.25) is 4.79 Å². The highest BCUT2D eigenvalue weighted by molar-refractivity contribution is 6.35. The molecule has 0 atom stereocenters. The van der Waals surface area contributed by atoms with E-state index in [1.54, 1.807) is 30.6 Å². The number of piperazine rings is 1. The minimum Gasteiger partial charge on any atom is -0.339 e. The second kappa shape index (κ2) is 7.81. The molecule has 7 heteroatoms. The molecular formula is C17H18Cl2N4O. The van der Waals surface area contributed by atoms with Crippen LogP contribution in [0.15, 0.2) is 36.7 Å². The Hall–Kier alpha value is -1.85. The van der Waals surface area contributed by atoms with Crippen molar-refractivity contribution in [3.8, 4) is 0 Å². The highest BCUT2D eigenvalue weighted by Crippen LogP contribution is 2.22. The standard InChI is InChI=1S/C17H18Cl2N4O/c18-14-4-2-13(15(19)12-14)3-5-16(24)22-8-10-23(11-9-22)17-20-6-1-7-21-17/h1-2,4,6-7,12H,3,5,8-11H2. The third-order valence-electron chi connectivity index (χ3n) is 4.09. The molecule has 1 aromatic heterocycles. The van der Waals surface area contributed by atoms with Crippen LogP contribution in [-0.2, 0) is 11.2 Å². The second-order valence-electron chi connectivity index (χ2n) is 5.65. The average molecular weight is 365 g/mol. The van der Waals surface area contributed by atoms with Crippen LogP contribution in [0.2, 0.25) is 10.0 Å². The van der Waals surface area contributed by atoms with Gasteiger partial charge in [-0.2, -0.15) is 0 Å². The Bertz CT molecular complexity index is 703. The van der Waals surface area contributed by atoms with Gasteiger partial charge in [0.15, 0.2) is 0 Å². The first-order valence-electron chi connectivity index (χ1n) is 7.87. The van der Waals surface area contributed by atoms with Gasteiger partial charge in [0.1, 0.15) is 0 Å². The predicted molar refractivity (Wildman–Crippen MR) is 95.6 cm³/mol. The van der Waals surface area contributed by atoms with Crippen molar-refractivity contribution in [1.29, 1.82) is 0 Å². The molecule has 24 heavy (non-hydrogen) atoms. The van der Waals surface area contributed by atoms with E-state index in [-0.39, 0.29) is 5.91 Å². The van der Waals surface area contributed by atoms with Gasteiger partial charge < -0.3 is 9.80 Å². The van der Waals surface area contributed by atoms with Crippen molar-refractivity contribution in [2.24, 2.45) is 0 Å². The molecule has 0 unspecified atom stereocenters. The highest BCUT2D eigenvalue weighted by atomic mass is 35.5. The van der Waals surface area contributed by atoms with Crippen molar-refractivity contribution in [2.45, 2.75) is 12.8 Å². The van der Waals surface area contributed by atoms with Crippen LogP contribution in [0.3, 0.4) is 0 Å². The molecule has 2 heterocycles. The molecule has 1 fully saturated rings. The number of benzene rings is 1. The van der Waals surface area contributed by atoms with E-state index in [2.05, 4.69) is 14.9 Å². The Balaban J connectivity index is 1.50. The number of carbonyl (C=O) groups excluding carboxylic acids is 1. The molecule has 1 amide bonds. The minimum atomic E-state index is 0.148. The molecule has 3 rings (SSSR count). The second-order valence-corrected chi connectivity index (χ2v) is 6.50. The van der Waals surface area contributed by atoms with Crippen molar-refractivity contribution in [2.75, 3.05) is 31.1 Å². The summed E-state index contributed by atoms with van der Waals surface area (Å²) in [6, 6.07) is 7.18. The van der Waals surface area contributed by atoms with Crippen LogP contribution in [0.4, 0.5) is 5.95 Å². The van der Waals surface area contributed by atoms with E-state index in [4.69, 9.17) is 23.2 Å². The molecule has 0 aliphatic carbocycles. The first-order chi connectivity index (χ1) is 11.6. The van der Waals surface area contributed by atoms with Crippen molar-refractivity contribution in [3.05, 3.63) is 52.3 Å². The van der Waals surface area contributed by atoms with Crippen molar-refractivity contribution < 1.29 is 4.79 Å². The lowest BCUT2D eigenvalue weighted by molar-refractivity contribution is -0.131. The fourth-order valence-electron chi connectivity index (χ4n) is 2.73. The Morgan fingerprint density at radius 3 is 2.46 bits per heavy atom. The molecule has 2 aromatic rings. The third kappa shape index (κ3) is 4.16. The topological polar surface area (TPSA) is 49.3 Å². The van der Waals surface area contributed by atoms with Gasteiger partial charge in [0.2, 0.25) is 11.9 Å². The highest BCUT2D eigenvalue weighted by Gasteiger charge is 2.22. The SMILES string of the molecule is O=C(CCc1ccc(Cl)cc1Cl)N1CCN(c2ncccn2)CC1. The van der Waals surface area contributed by atoms with Crippen LogP contribution in [0.25, 0.3) is 0 Å². The number of aromatic nitrogens is 2. The number of hydrogen-bond acceptors (Lipinski definition) is 4. The van der Waals surface area contributed by atoms with E-state index < -0.39 is 0 Å². The lowest BCUT2D eigenvalue weighted by Gasteiger charge is -2.34. The van der Waals surface area contributed by atoms with Gasteiger partial charge in [-0.05, 0) is 30.2 Å². The molecule has 1 aliphatic heterocycles. The average Bonchev–Trinajstić information content (AvgIpc) is 2.62. The summed E-state index contributed by atoms with van der Waals surface area (Å²) in [7, 11) is 0. The van der Waals surface area contributed by atoms with Crippen LogP contribution >= 0.6 is 23.2 Å². The summed E-state index contributed by atoms with van der Waals surface area (Å²) in [6.07, 6.45) is 4.53. The number of nitrogens with zero attached hydrogens (tertiary/aromatic N) is 4. The quantitative estimate of drug-likeness (QED) is 0.836. The normalized spacial score (nSPS) is 14.8. The lowest BCUT2D eigenvalue weighted by Crippen LogP contribution is -2.49. The lowest BCUT2D eigenvalue weighted by atomic mass is 10.1. The number of carbonyl (C=O) groups is 1. The fraction of sp³-hybridized carbons (Fsp3) is 0.353. The molecule has 126 valence electrons. The summed E-state index contributed by atoms with van der Waals surface area (Å²) in [5, 5.41) is 1.22. The maximum Gasteiger partial charge on any atom is 0.225 e. The Morgan fingerprint density at radius 2 is 1.79 bits per heavy atom. The summed E-state index contributed by atoms with van der Waals surface area (Å²) in [5.41, 5.74) is 0.950. The van der Waals surface area contributed by atoms with Crippen molar-refractivity contribution in [3.63, 3.8) is 0 Å². The van der Waals surface area contributed by atoms with Crippen LogP contribution in [-0.4, -0.2) is 47.0 Å². The number of halogens is 2. The molecule has 0 bridgehead atoms. The zero-order valence-corrected chi connectivity index (χ0v) is 14.7. The molecule has 1 saturated heterocycles. The number of amides is 1. The summed E-state index contributed by atoms with van der Waals surface area (Å²) >= 11 is 12.0. The maximum atomic E-state index is 12.4. The van der Waals surface area contributed by atoms with Crippen LogP contribution < -0.4 is 4.90 Å². The monoisotopic (exact) mass is 364 g/mol. The van der Waals surface area contributed by atoms with Gasteiger partial charge in [0, 0.05) is 55.0 Å². The Labute approximate surface area is 151 Å². The molecule has 0 spiro atoms. The number of hydrogen-bond donors (Lipinski definition) is 0. The molecule has 1 aliphatic rings. The molecule has 0 N–H and O–H groups in total. The van der Waals surface area contributed by atoms with Crippen molar-refractivity contribution in [1.82, 2.24) is 14.9 Å². The minimum absolute atomic E-state index is 0.148. The summed E-state index contributed by atoms with van der Waals surface area (Å²) in [5.74, 6) is 0.868. The molecule has 1 aromatic carbocycles. The van der Waals surface area contributed by atoms with Gasteiger partial charge in [0.25, 0.3) is 0 Å². The number of anilines is 1. The van der Waals surface area contributed by atoms with E-state index in [9.17, 15) is 4.79 Å². The Morgan fingerprint density at radius 1 is 1.08 bits per heavy atom. The van der Waals surface area contributed by atoms with Crippen molar-refractivity contribution >= 4 is 35.1 Å². The van der Waals surface area contributed by atoms with Crippen LogP contribution in [0.5, 0.6) is 0 Å². The van der Waals surface area contributed by atoms with Crippen LogP contribution in [0.1, 0.15) is 12.0 Å². The molecule has 0 radical (unpaired) electrons. The zero-order chi connectivity index (χ0) is 16.9. The Kier molecular flexibility index (Phi) is 5.53. The van der Waals surface area contributed by atoms with Gasteiger partial charge in [-0.25, -0.2) is 9.97 Å². The first kappa shape index (κ1) is 17.0.